The summed E-state index contributed by atoms with van der Waals surface area (Å²) >= 11 is 0. The van der Waals surface area contributed by atoms with Gasteiger partial charge in [0.25, 0.3) is 0 Å². The Morgan fingerprint density at radius 1 is 1.26 bits per heavy atom. The second-order valence-corrected chi connectivity index (χ2v) is 8.43. The Kier molecular flexibility index (Phi) is 6.13. The number of piperidine rings is 1. The molecule has 0 radical (unpaired) electrons. The standard InChI is InChI=1S/C20H24N2O4S/c1-2-17-6-3-4-14-22(17)27(24,25)19-11-8-16(9-12-19)21-20(23)13-10-18-7-5-15-26-18/h5,7-13,15,17H,2-4,6,14H2,1H3,(H,21,23)/b13-10+. The lowest BCUT2D eigenvalue weighted by Gasteiger charge is -2.34. The molecule has 1 unspecified atom stereocenters. The summed E-state index contributed by atoms with van der Waals surface area (Å²) in [4.78, 5) is 12.2. The molecule has 2 heterocycles. The van der Waals surface area contributed by atoms with Crippen LogP contribution in [0.1, 0.15) is 38.4 Å². The fourth-order valence-corrected chi connectivity index (χ4v) is 5.04. The summed E-state index contributed by atoms with van der Waals surface area (Å²) in [5, 5.41) is 2.71. The highest BCUT2D eigenvalue weighted by molar-refractivity contribution is 7.89. The summed E-state index contributed by atoms with van der Waals surface area (Å²) in [6, 6.07) is 9.85. The molecule has 6 nitrogen and oxygen atoms in total. The number of furan rings is 1. The van der Waals surface area contributed by atoms with Crippen LogP contribution in [0.4, 0.5) is 5.69 Å². The second-order valence-electron chi connectivity index (χ2n) is 6.54. The number of sulfonamides is 1. The Balaban J connectivity index is 1.68. The minimum atomic E-state index is -3.51. The Labute approximate surface area is 159 Å². The van der Waals surface area contributed by atoms with E-state index in [2.05, 4.69) is 5.32 Å². The molecular formula is C20H24N2O4S. The third-order valence-corrected chi connectivity index (χ3v) is 6.68. The van der Waals surface area contributed by atoms with Crippen LogP contribution >= 0.6 is 0 Å². The molecule has 0 saturated carbocycles. The highest BCUT2D eigenvalue weighted by Crippen LogP contribution is 2.27. The highest BCUT2D eigenvalue weighted by atomic mass is 32.2. The van der Waals surface area contributed by atoms with Crippen molar-refractivity contribution in [1.82, 2.24) is 4.31 Å². The van der Waals surface area contributed by atoms with E-state index in [1.54, 1.807) is 46.8 Å². The van der Waals surface area contributed by atoms with Crippen molar-refractivity contribution in [2.24, 2.45) is 0 Å². The normalized spacial score (nSPS) is 18.6. The van der Waals surface area contributed by atoms with Crippen LogP contribution < -0.4 is 5.32 Å². The van der Waals surface area contributed by atoms with E-state index < -0.39 is 10.0 Å². The maximum Gasteiger partial charge on any atom is 0.248 e. The van der Waals surface area contributed by atoms with Crippen molar-refractivity contribution >= 4 is 27.7 Å². The number of hydrogen-bond donors (Lipinski definition) is 1. The monoisotopic (exact) mass is 388 g/mol. The largest absolute Gasteiger partial charge is 0.465 e. The molecule has 1 aromatic carbocycles. The molecule has 1 saturated heterocycles. The van der Waals surface area contributed by atoms with E-state index in [0.717, 1.165) is 25.7 Å². The fraction of sp³-hybridized carbons (Fsp3) is 0.350. The summed E-state index contributed by atoms with van der Waals surface area (Å²) in [5.41, 5.74) is 0.536. The van der Waals surface area contributed by atoms with Crippen LogP contribution in [-0.2, 0) is 14.8 Å². The van der Waals surface area contributed by atoms with E-state index in [9.17, 15) is 13.2 Å². The maximum atomic E-state index is 12.9. The fourth-order valence-electron chi connectivity index (χ4n) is 3.27. The molecule has 7 heteroatoms. The number of benzene rings is 1. The molecule has 1 aliphatic rings. The van der Waals surface area contributed by atoms with E-state index in [0.29, 0.717) is 18.0 Å². The van der Waals surface area contributed by atoms with Gasteiger partial charge in [0.2, 0.25) is 15.9 Å². The zero-order valence-corrected chi connectivity index (χ0v) is 16.1. The van der Waals surface area contributed by atoms with Gasteiger partial charge < -0.3 is 9.73 Å². The molecule has 1 N–H and O–H groups in total. The van der Waals surface area contributed by atoms with Crippen LogP contribution in [0.25, 0.3) is 6.08 Å². The van der Waals surface area contributed by atoms with Gasteiger partial charge in [0, 0.05) is 24.4 Å². The first-order valence-electron chi connectivity index (χ1n) is 9.15. The van der Waals surface area contributed by atoms with Gasteiger partial charge in [-0.15, -0.1) is 0 Å². The highest BCUT2D eigenvalue weighted by Gasteiger charge is 2.32. The minimum absolute atomic E-state index is 0.0647. The number of rotatable bonds is 6. The molecule has 3 rings (SSSR count). The first-order chi connectivity index (χ1) is 13.0. The molecule has 0 bridgehead atoms. The Morgan fingerprint density at radius 3 is 2.70 bits per heavy atom. The first-order valence-corrected chi connectivity index (χ1v) is 10.6. The lowest BCUT2D eigenvalue weighted by molar-refractivity contribution is -0.111. The summed E-state index contributed by atoms with van der Waals surface area (Å²) in [7, 11) is -3.51. The SMILES string of the molecule is CCC1CCCCN1S(=O)(=O)c1ccc(NC(=O)/C=C/c2ccco2)cc1. The van der Waals surface area contributed by atoms with Crippen molar-refractivity contribution in [3.63, 3.8) is 0 Å². The summed E-state index contributed by atoms with van der Waals surface area (Å²) in [6.45, 7) is 2.59. The summed E-state index contributed by atoms with van der Waals surface area (Å²) in [6.07, 6.45) is 8.15. The van der Waals surface area contributed by atoms with Crippen LogP contribution in [0, 0.1) is 0 Å². The van der Waals surface area contributed by atoms with Gasteiger partial charge in [-0.2, -0.15) is 4.31 Å². The van der Waals surface area contributed by atoms with Crippen molar-refractivity contribution < 1.29 is 17.6 Å². The Morgan fingerprint density at radius 2 is 2.04 bits per heavy atom. The topological polar surface area (TPSA) is 79.6 Å². The van der Waals surface area contributed by atoms with Gasteiger partial charge in [0.1, 0.15) is 5.76 Å². The van der Waals surface area contributed by atoms with Gasteiger partial charge >= 0.3 is 0 Å². The first kappa shape index (κ1) is 19.4. The van der Waals surface area contributed by atoms with Gasteiger partial charge in [-0.05, 0) is 61.7 Å². The second kappa shape index (κ2) is 8.54. The number of anilines is 1. The molecule has 0 spiro atoms. The zero-order valence-electron chi connectivity index (χ0n) is 15.3. The Bertz CT molecular complexity index is 887. The third-order valence-electron chi connectivity index (χ3n) is 4.71. The molecular weight excluding hydrogens is 364 g/mol. The molecule has 2 aromatic rings. The van der Waals surface area contributed by atoms with Gasteiger partial charge in [0.05, 0.1) is 11.2 Å². The van der Waals surface area contributed by atoms with E-state index in [1.165, 1.54) is 12.3 Å². The molecule has 0 aliphatic carbocycles. The van der Waals surface area contributed by atoms with Crippen LogP contribution in [0.15, 0.2) is 58.1 Å². The number of hydrogen-bond acceptors (Lipinski definition) is 4. The van der Waals surface area contributed by atoms with Crippen LogP contribution in [0.3, 0.4) is 0 Å². The number of nitrogens with zero attached hydrogens (tertiary/aromatic N) is 1. The number of carbonyl (C=O) groups excluding carboxylic acids is 1. The Hall–Kier alpha value is -2.38. The summed E-state index contributed by atoms with van der Waals surface area (Å²) < 4.78 is 32.6. The van der Waals surface area contributed by atoms with Gasteiger partial charge in [-0.25, -0.2) is 8.42 Å². The third kappa shape index (κ3) is 4.67. The maximum absolute atomic E-state index is 12.9. The molecule has 1 aromatic heterocycles. The van der Waals surface area contributed by atoms with Crippen molar-refractivity contribution in [3.8, 4) is 0 Å². The van der Waals surface area contributed by atoms with Crippen molar-refractivity contribution in [2.75, 3.05) is 11.9 Å². The smallest absolute Gasteiger partial charge is 0.248 e. The molecule has 144 valence electrons. The van der Waals surface area contributed by atoms with Crippen LogP contribution in [0.5, 0.6) is 0 Å². The molecule has 1 amide bonds. The average molecular weight is 388 g/mol. The van der Waals surface area contributed by atoms with E-state index in [-0.39, 0.29) is 16.8 Å². The van der Waals surface area contributed by atoms with Gasteiger partial charge in [0.15, 0.2) is 0 Å². The molecule has 27 heavy (non-hydrogen) atoms. The average Bonchev–Trinajstić information content (AvgIpc) is 3.20. The van der Waals surface area contributed by atoms with Gasteiger partial charge in [-0.1, -0.05) is 13.3 Å². The van der Waals surface area contributed by atoms with Crippen molar-refractivity contribution in [3.05, 3.63) is 54.5 Å². The number of carbonyl (C=O) groups is 1. The lowest BCUT2D eigenvalue weighted by Crippen LogP contribution is -2.43. The quantitative estimate of drug-likeness (QED) is 0.762. The van der Waals surface area contributed by atoms with Crippen LogP contribution in [-0.4, -0.2) is 31.2 Å². The predicted octanol–water partition coefficient (Wildman–Crippen LogP) is 3.88. The molecule has 1 fully saturated rings. The van der Waals surface area contributed by atoms with E-state index in [4.69, 9.17) is 4.42 Å². The van der Waals surface area contributed by atoms with Crippen molar-refractivity contribution in [1.29, 1.82) is 0 Å². The number of nitrogens with one attached hydrogen (secondary N) is 1. The van der Waals surface area contributed by atoms with E-state index in [1.807, 2.05) is 6.92 Å². The van der Waals surface area contributed by atoms with Crippen molar-refractivity contribution in [2.45, 2.75) is 43.5 Å². The minimum Gasteiger partial charge on any atom is -0.465 e. The molecule has 1 aliphatic heterocycles. The predicted molar refractivity (Wildman–Crippen MR) is 105 cm³/mol. The lowest BCUT2D eigenvalue weighted by atomic mass is 10.0. The number of amides is 1. The zero-order chi connectivity index (χ0) is 19.3. The van der Waals surface area contributed by atoms with E-state index >= 15 is 0 Å². The van der Waals surface area contributed by atoms with Crippen LogP contribution in [0.2, 0.25) is 0 Å². The summed E-state index contributed by atoms with van der Waals surface area (Å²) in [5.74, 6) is 0.266. The molecule has 1 atom stereocenters. The van der Waals surface area contributed by atoms with Gasteiger partial charge in [-0.3, -0.25) is 4.79 Å².